The molecule has 1 fully saturated rings. The molecule has 5 nitrogen and oxygen atoms in total. The van der Waals surface area contributed by atoms with Gasteiger partial charge in [0.25, 0.3) is 0 Å². The Hall–Kier alpha value is -1.55. The van der Waals surface area contributed by atoms with Crippen LogP contribution in [0.15, 0.2) is 58.3 Å². The van der Waals surface area contributed by atoms with Crippen molar-refractivity contribution in [2.75, 3.05) is 0 Å². The van der Waals surface area contributed by atoms with Crippen molar-refractivity contribution in [3.05, 3.63) is 59.1 Å². The first-order chi connectivity index (χ1) is 13.0. The highest BCUT2D eigenvalue weighted by Gasteiger charge is 2.41. The molecule has 0 radical (unpaired) electrons. The summed E-state index contributed by atoms with van der Waals surface area (Å²) in [5.41, 5.74) is 0.761. The lowest BCUT2D eigenvalue weighted by Gasteiger charge is -2.29. The van der Waals surface area contributed by atoms with E-state index in [0.29, 0.717) is 5.02 Å². The first-order valence-electron chi connectivity index (χ1n) is 8.46. The summed E-state index contributed by atoms with van der Waals surface area (Å²) in [5.74, 6) is -3.57. The van der Waals surface area contributed by atoms with Gasteiger partial charge < -0.3 is 0 Å². The topological polar surface area (TPSA) is 71.5 Å². The van der Waals surface area contributed by atoms with Crippen LogP contribution in [0.3, 0.4) is 0 Å². The number of hydrogen-bond acceptors (Lipinski definition) is 4. The fourth-order valence-electron chi connectivity index (χ4n) is 2.96. The van der Waals surface area contributed by atoms with Gasteiger partial charge in [-0.1, -0.05) is 23.7 Å². The highest BCUT2D eigenvalue weighted by Crippen LogP contribution is 2.39. The number of alkyl halides is 2. The molecular formula is C18H18ClF2NO4S2. The van der Waals surface area contributed by atoms with E-state index in [1.807, 2.05) is 0 Å². The fraction of sp³-hybridized carbons (Fsp3) is 0.333. The van der Waals surface area contributed by atoms with Gasteiger partial charge in [-0.3, -0.25) is 0 Å². The molecular weight excluding hydrogens is 432 g/mol. The van der Waals surface area contributed by atoms with Crippen molar-refractivity contribution in [2.45, 2.75) is 47.4 Å². The van der Waals surface area contributed by atoms with Crippen LogP contribution in [0.1, 0.15) is 31.4 Å². The Morgan fingerprint density at radius 2 is 1.43 bits per heavy atom. The molecule has 2 aromatic carbocycles. The van der Waals surface area contributed by atoms with Gasteiger partial charge in [-0.25, -0.2) is 16.8 Å². The number of sulfone groups is 1. The van der Waals surface area contributed by atoms with E-state index in [0.717, 1.165) is 42.7 Å². The standard InChI is InChI=1S/C18H18ClF2NO4S2/c1-12(13-2-4-14(19)5-3-13)22(15-6-7-15)28(25,26)17-10-8-16(9-11-17)27(23,24)18(20)21/h2-5,8-12,15,18H,6-7H2,1H3. The maximum atomic E-state index is 13.2. The molecule has 0 bridgehead atoms. The van der Waals surface area contributed by atoms with Crippen LogP contribution in [0.5, 0.6) is 0 Å². The lowest BCUT2D eigenvalue weighted by molar-refractivity contribution is 0.234. The Morgan fingerprint density at radius 3 is 1.89 bits per heavy atom. The molecule has 10 heteroatoms. The minimum absolute atomic E-state index is 0.145. The van der Waals surface area contributed by atoms with Crippen LogP contribution in [-0.2, 0) is 19.9 Å². The second-order valence-electron chi connectivity index (χ2n) is 6.57. The maximum Gasteiger partial charge on any atom is 0.341 e. The van der Waals surface area contributed by atoms with Gasteiger partial charge in [0.2, 0.25) is 19.9 Å². The second kappa shape index (κ2) is 7.70. The van der Waals surface area contributed by atoms with Gasteiger partial charge in [0.1, 0.15) is 0 Å². The molecule has 1 aliphatic rings. The molecule has 0 aliphatic heterocycles. The van der Waals surface area contributed by atoms with Crippen molar-refractivity contribution in [1.82, 2.24) is 4.31 Å². The van der Waals surface area contributed by atoms with E-state index < -0.39 is 36.6 Å². The van der Waals surface area contributed by atoms with Gasteiger partial charge in [-0.2, -0.15) is 13.1 Å². The van der Waals surface area contributed by atoms with Crippen LogP contribution in [0.4, 0.5) is 8.78 Å². The fourth-order valence-corrected chi connectivity index (χ4v) is 5.68. The molecule has 2 aromatic rings. The lowest BCUT2D eigenvalue weighted by Crippen LogP contribution is -2.35. The van der Waals surface area contributed by atoms with E-state index in [4.69, 9.17) is 11.6 Å². The average Bonchev–Trinajstić information content (AvgIpc) is 3.47. The van der Waals surface area contributed by atoms with Crippen LogP contribution in [0, 0.1) is 0 Å². The summed E-state index contributed by atoms with van der Waals surface area (Å²) in [6.45, 7) is 1.76. The summed E-state index contributed by atoms with van der Waals surface area (Å²) < 4.78 is 76.2. The third-order valence-corrected chi connectivity index (χ3v) is 8.29. The predicted molar refractivity (Wildman–Crippen MR) is 102 cm³/mol. The van der Waals surface area contributed by atoms with Gasteiger partial charge in [0.15, 0.2) is 0 Å². The molecule has 0 amide bonds. The number of halogens is 3. The van der Waals surface area contributed by atoms with E-state index >= 15 is 0 Å². The number of benzene rings is 2. The van der Waals surface area contributed by atoms with E-state index in [2.05, 4.69) is 0 Å². The van der Waals surface area contributed by atoms with Gasteiger partial charge >= 0.3 is 5.76 Å². The monoisotopic (exact) mass is 449 g/mol. The Balaban J connectivity index is 1.96. The van der Waals surface area contributed by atoms with Crippen molar-refractivity contribution in [3.8, 4) is 0 Å². The van der Waals surface area contributed by atoms with Crippen LogP contribution >= 0.6 is 11.6 Å². The molecule has 1 unspecified atom stereocenters. The Bertz CT molecular complexity index is 1050. The molecule has 1 saturated carbocycles. The third kappa shape index (κ3) is 4.07. The molecule has 1 aliphatic carbocycles. The number of rotatable bonds is 7. The minimum Gasteiger partial charge on any atom is -0.218 e. The maximum absolute atomic E-state index is 13.2. The van der Waals surface area contributed by atoms with Gasteiger partial charge in [0, 0.05) is 17.1 Å². The normalized spacial score (nSPS) is 16.5. The molecule has 0 saturated heterocycles. The summed E-state index contributed by atoms with van der Waals surface area (Å²) >= 11 is 5.90. The first kappa shape index (κ1) is 21.2. The SMILES string of the molecule is CC(c1ccc(Cl)cc1)N(C1CC1)S(=O)(=O)c1ccc(S(=O)(=O)C(F)F)cc1. The summed E-state index contributed by atoms with van der Waals surface area (Å²) in [6, 6.07) is 10.1. The zero-order valence-electron chi connectivity index (χ0n) is 14.8. The molecule has 1 atom stereocenters. The van der Waals surface area contributed by atoms with Crippen molar-refractivity contribution in [3.63, 3.8) is 0 Å². The average molecular weight is 450 g/mol. The number of hydrogen-bond donors (Lipinski definition) is 0. The van der Waals surface area contributed by atoms with Crippen molar-refractivity contribution in [1.29, 1.82) is 0 Å². The Labute approximate surface area is 167 Å². The van der Waals surface area contributed by atoms with Crippen molar-refractivity contribution in [2.24, 2.45) is 0 Å². The van der Waals surface area contributed by atoms with Crippen LogP contribution < -0.4 is 0 Å². The van der Waals surface area contributed by atoms with Crippen LogP contribution in [0.2, 0.25) is 5.02 Å². The summed E-state index contributed by atoms with van der Waals surface area (Å²) in [4.78, 5) is -0.765. The smallest absolute Gasteiger partial charge is 0.218 e. The zero-order chi connectivity index (χ0) is 20.7. The number of nitrogens with zero attached hydrogens (tertiary/aromatic N) is 1. The largest absolute Gasteiger partial charge is 0.341 e. The van der Waals surface area contributed by atoms with E-state index in [9.17, 15) is 25.6 Å². The summed E-state index contributed by atoms with van der Waals surface area (Å²) in [6.07, 6.45) is 1.43. The van der Waals surface area contributed by atoms with Gasteiger partial charge in [-0.05, 0) is 61.7 Å². The molecule has 28 heavy (non-hydrogen) atoms. The molecule has 0 N–H and O–H groups in total. The van der Waals surface area contributed by atoms with Gasteiger partial charge in [0.05, 0.1) is 9.79 Å². The summed E-state index contributed by atoms with van der Waals surface area (Å²) in [7, 11) is -8.74. The van der Waals surface area contributed by atoms with Crippen LogP contribution in [0.25, 0.3) is 0 Å². The molecule has 152 valence electrons. The quantitative estimate of drug-likeness (QED) is 0.633. The molecule has 0 aromatic heterocycles. The van der Waals surface area contributed by atoms with Gasteiger partial charge in [-0.15, -0.1) is 0 Å². The summed E-state index contributed by atoms with van der Waals surface area (Å²) in [5, 5.41) is 0.535. The first-order valence-corrected chi connectivity index (χ1v) is 11.8. The second-order valence-corrected chi connectivity index (χ2v) is 10.8. The Kier molecular flexibility index (Phi) is 5.82. The van der Waals surface area contributed by atoms with E-state index in [1.165, 1.54) is 4.31 Å². The Morgan fingerprint density at radius 1 is 0.929 bits per heavy atom. The van der Waals surface area contributed by atoms with E-state index in [-0.39, 0.29) is 10.9 Å². The third-order valence-electron chi connectivity index (χ3n) is 4.60. The van der Waals surface area contributed by atoms with Crippen molar-refractivity contribution >= 4 is 31.5 Å². The number of sulfonamides is 1. The van der Waals surface area contributed by atoms with Crippen molar-refractivity contribution < 1.29 is 25.6 Å². The minimum atomic E-state index is -4.78. The highest BCUT2D eigenvalue weighted by atomic mass is 35.5. The molecule has 3 rings (SSSR count). The van der Waals surface area contributed by atoms with E-state index in [1.54, 1.807) is 31.2 Å². The lowest BCUT2D eigenvalue weighted by atomic mass is 10.1. The predicted octanol–water partition coefficient (Wildman–Crippen LogP) is 4.25. The van der Waals surface area contributed by atoms with Crippen LogP contribution in [-0.4, -0.2) is 32.9 Å². The zero-order valence-corrected chi connectivity index (χ0v) is 17.2. The molecule has 0 spiro atoms. The highest BCUT2D eigenvalue weighted by molar-refractivity contribution is 7.91. The molecule has 0 heterocycles.